The maximum atomic E-state index is 12.7. The molecule has 1 aromatic rings. The Balaban J connectivity index is 1.55. The summed E-state index contributed by atoms with van der Waals surface area (Å²) < 4.78 is 13.9. The van der Waals surface area contributed by atoms with Crippen molar-refractivity contribution in [1.82, 2.24) is 5.32 Å². The lowest BCUT2D eigenvalue weighted by Gasteiger charge is -2.33. The molecule has 0 radical (unpaired) electrons. The number of methoxy groups -OCH3 is 1. The van der Waals surface area contributed by atoms with Crippen LogP contribution in [0.4, 0.5) is 0 Å². The molecular weight excluding hydrogens is 706 g/mol. The maximum Gasteiger partial charge on any atom is 0.269 e. The minimum atomic E-state index is -1.18. The zero-order valence-electron chi connectivity index (χ0n) is 18.7. The van der Waals surface area contributed by atoms with Crippen molar-refractivity contribution >= 4 is 75.3 Å². The molecule has 1 aliphatic carbocycles. The average molecular weight is 732 g/mol. The Bertz CT molecular complexity index is 1010. The number of carbonyl (C=O) groups excluding carboxylic acids is 1. The third-order valence-corrected chi connectivity index (χ3v) is 8.22. The molecule has 1 aliphatic heterocycles. The number of benzene rings is 1. The fourth-order valence-electron chi connectivity index (χ4n) is 3.60. The summed E-state index contributed by atoms with van der Waals surface area (Å²) in [5, 5.41) is 19.7. The smallest absolute Gasteiger partial charge is 0.269 e. The van der Waals surface area contributed by atoms with Crippen molar-refractivity contribution in [3.05, 3.63) is 47.4 Å². The van der Waals surface area contributed by atoms with Crippen LogP contribution < -0.4 is 15.4 Å². The van der Waals surface area contributed by atoms with Gasteiger partial charge in [-0.05, 0) is 62.1 Å². The van der Waals surface area contributed by atoms with Crippen molar-refractivity contribution in [2.24, 2.45) is 5.16 Å². The van der Waals surface area contributed by atoms with Gasteiger partial charge in [0, 0.05) is 28.3 Å². The summed E-state index contributed by atoms with van der Waals surface area (Å²) in [4.78, 5) is 18.3. The minimum Gasteiger partial charge on any atom is -0.495 e. The molecule has 1 amide bonds. The second-order valence-electron chi connectivity index (χ2n) is 7.81. The topological polar surface area (TPSA) is 106 Å². The molecule has 0 fully saturated rings. The van der Waals surface area contributed by atoms with Gasteiger partial charge in [-0.15, -0.1) is 0 Å². The number of quaternary nitrogens is 1. The molecule has 1 heterocycles. The van der Waals surface area contributed by atoms with Crippen LogP contribution in [0.25, 0.3) is 0 Å². The van der Waals surface area contributed by atoms with Crippen LogP contribution in [0.5, 0.6) is 5.75 Å². The Morgan fingerprint density at radius 1 is 1.32 bits per heavy atom. The Morgan fingerprint density at radius 3 is 2.68 bits per heavy atom. The number of aliphatic hydroxyl groups is 1. The number of nitrogens with one attached hydrogen (secondary N) is 1. The second kappa shape index (κ2) is 12.4. The predicted molar refractivity (Wildman–Crippen MR) is 143 cm³/mol. The van der Waals surface area contributed by atoms with E-state index < -0.39 is 11.7 Å². The summed E-state index contributed by atoms with van der Waals surface area (Å²) in [6.45, 7) is 2.07. The van der Waals surface area contributed by atoms with E-state index in [-0.39, 0.29) is 18.0 Å². The predicted octanol–water partition coefficient (Wildman–Crippen LogP) is 3.25. The van der Waals surface area contributed by atoms with Crippen LogP contribution in [-0.2, 0) is 20.8 Å². The van der Waals surface area contributed by atoms with Gasteiger partial charge in [-0.3, -0.25) is 4.79 Å². The zero-order valence-corrected chi connectivity index (χ0v) is 25.0. The molecule has 3 rings (SSSR count). The van der Waals surface area contributed by atoms with Gasteiger partial charge < -0.3 is 30.1 Å². The van der Waals surface area contributed by atoms with Crippen molar-refractivity contribution in [3.63, 3.8) is 0 Å². The highest BCUT2D eigenvalue weighted by molar-refractivity contribution is 9.12. The Labute approximate surface area is 232 Å². The summed E-state index contributed by atoms with van der Waals surface area (Å²) in [5.74, 6) is 0.908. The number of halogens is 4. The number of carbonyl (C=O) groups is 1. The van der Waals surface area contributed by atoms with E-state index >= 15 is 0 Å². The highest BCUT2D eigenvalue weighted by Gasteiger charge is 2.50. The number of allylic oxidation sites excluding steroid dienone is 1. The number of hydrogen-bond donors (Lipinski definition) is 3. The van der Waals surface area contributed by atoms with Crippen molar-refractivity contribution < 1.29 is 29.5 Å². The number of oxime groups is 1. The van der Waals surface area contributed by atoms with Crippen LogP contribution in [0, 0.1) is 0 Å². The van der Waals surface area contributed by atoms with Crippen LogP contribution in [0.2, 0.25) is 0 Å². The molecule has 0 saturated heterocycles. The molecule has 0 aromatic heterocycles. The van der Waals surface area contributed by atoms with Crippen molar-refractivity contribution in [2.75, 3.05) is 33.9 Å². The normalized spacial score (nSPS) is 21.8. The molecule has 0 saturated carbocycles. The highest BCUT2D eigenvalue weighted by atomic mass is 79.9. The molecule has 8 nitrogen and oxygen atoms in total. The largest absolute Gasteiger partial charge is 0.495 e. The number of amides is 1. The van der Waals surface area contributed by atoms with Crippen molar-refractivity contribution in [2.45, 2.75) is 31.0 Å². The molecular formula is C22H26Br4N3O5+. The number of rotatable bonds is 10. The van der Waals surface area contributed by atoms with Crippen LogP contribution in [-0.4, -0.2) is 62.3 Å². The van der Waals surface area contributed by atoms with E-state index in [2.05, 4.69) is 79.5 Å². The fraction of sp³-hybridized carbons (Fsp3) is 0.455. The quantitative estimate of drug-likeness (QED) is 0.321. The van der Waals surface area contributed by atoms with E-state index in [1.807, 2.05) is 19.2 Å². The first-order valence-electron chi connectivity index (χ1n) is 10.6. The van der Waals surface area contributed by atoms with Gasteiger partial charge in [0.25, 0.3) is 5.91 Å². The fourth-order valence-corrected chi connectivity index (χ4v) is 6.93. The van der Waals surface area contributed by atoms with Crippen molar-refractivity contribution in [1.29, 1.82) is 0 Å². The monoisotopic (exact) mass is 728 g/mol. The van der Waals surface area contributed by atoms with E-state index in [1.54, 1.807) is 6.08 Å². The van der Waals surface area contributed by atoms with Crippen LogP contribution >= 0.6 is 63.7 Å². The van der Waals surface area contributed by atoms with Crippen molar-refractivity contribution in [3.8, 4) is 5.75 Å². The molecule has 1 spiro atoms. The van der Waals surface area contributed by atoms with E-state index in [4.69, 9.17) is 14.3 Å². The first-order chi connectivity index (χ1) is 16.2. The summed E-state index contributed by atoms with van der Waals surface area (Å²) in [7, 11) is 3.54. The van der Waals surface area contributed by atoms with Gasteiger partial charge in [0.05, 0.1) is 36.3 Å². The van der Waals surface area contributed by atoms with E-state index in [9.17, 15) is 9.90 Å². The molecule has 2 aliphatic rings. The summed E-state index contributed by atoms with van der Waals surface area (Å²) in [6, 6.07) is 3.87. The maximum absolute atomic E-state index is 12.7. The molecule has 4 N–H and O–H groups in total. The minimum absolute atomic E-state index is 0.121. The van der Waals surface area contributed by atoms with Crippen LogP contribution in [0.1, 0.15) is 18.4 Å². The first kappa shape index (κ1) is 27.7. The Hall–Kier alpha value is -0.920. The van der Waals surface area contributed by atoms with Crippen LogP contribution in [0.3, 0.4) is 0 Å². The Morgan fingerprint density at radius 2 is 2.03 bits per heavy atom. The Kier molecular flexibility index (Phi) is 10.1. The van der Waals surface area contributed by atoms with E-state index in [0.717, 1.165) is 33.2 Å². The lowest BCUT2D eigenvalue weighted by molar-refractivity contribution is -0.627. The van der Waals surface area contributed by atoms with Gasteiger partial charge in [-0.25, -0.2) is 0 Å². The molecule has 0 bridgehead atoms. The van der Waals surface area contributed by atoms with Gasteiger partial charge in [-0.2, -0.15) is 0 Å². The van der Waals surface area contributed by atoms with E-state index in [1.165, 1.54) is 7.11 Å². The average Bonchev–Trinajstić information content (AvgIpc) is 3.22. The first-order valence-corrected chi connectivity index (χ1v) is 13.8. The van der Waals surface area contributed by atoms with Gasteiger partial charge in [-0.1, -0.05) is 37.0 Å². The third kappa shape index (κ3) is 6.25. The van der Waals surface area contributed by atoms with Gasteiger partial charge in [0.1, 0.15) is 23.3 Å². The lowest BCUT2D eigenvalue weighted by atomic mass is 9.87. The number of aliphatic hydroxyl groups excluding tert-OH is 1. The standard InChI is InChI=1S/C22H25Br4N3O5/c1-27-5-3-7-33-12-8-14(23)13(15(24)9-12)4-6-28-21(31)17-11-22(34-29-17)10-16(25)19(32-2)18(26)20(22)30/h8-10,20,27,30H,3-7,11H2,1-2H3,(H,28,31)/p+1/t20-,22+/m0/s1. The molecule has 2 atom stereocenters. The summed E-state index contributed by atoms with van der Waals surface area (Å²) in [5.41, 5.74) is 0.0537. The third-order valence-electron chi connectivity index (χ3n) is 5.42. The van der Waals surface area contributed by atoms with Gasteiger partial charge >= 0.3 is 0 Å². The lowest BCUT2D eigenvalue weighted by Crippen LogP contribution is -2.79. The molecule has 34 heavy (non-hydrogen) atoms. The molecule has 0 unspecified atom stereocenters. The zero-order chi connectivity index (χ0) is 24.9. The number of ether oxygens (including phenoxy) is 2. The SMILES string of the molecule is C[NH2+]CCCOc1cc(Br)c(CCNC(=O)C2=NO[C@]3(C=C(Br)C(OC)=C(Br)[C@@H]3O)C2)c(Br)c1. The second-order valence-corrected chi connectivity index (χ2v) is 11.2. The molecule has 186 valence electrons. The number of nitrogens with two attached hydrogens (primary N) is 1. The summed E-state index contributed by atoms with van der Waals surface area (Å²) in [6.07, 6.45) is 2.29. The molecule has 12 heteroatoms. The van der Waals surface area contributed by atoms with Gasteiger partial charge in [0.15, 0.2) is 5.60 Å². The highest BCUT2D eigenvalue weighted by Crippen LogP contribution is 2.43. The number of hydrogen-bond acceptors (Lipinski definition) is 6. The summed E-state index contributed by atoms with van der Waals surface area (Å²) >= 11 is 14.0. The van der Waals surface area contributed by atoms with Crippen LogP contribution in [0.15, 0.2) is 47.0 Å². The number of nitrogens with zero attached hydrogens (tertiary/aromatic N) is 1. The van der Waals surface area contributed by atoms with Gasteiger partial charge in [0.2, 0.25) is 0 Å². The van der Waals surface area contributed by atoms with E-state index in [0.29, 0.717) is 34.3 Å². The molecule has 1 aromatic carbocycles.